The van der Waals surface area contributed by atoms with Gasteiger partial charge in [0.15, 0.2) is 5.82 Å². The number of rotatable bonds is 4. The fourth-order valence-electron chi connectivity index (χ4n) is 1.48. The zero-order chi connectivity index (χ0) is 13.0. The van der Waals surface area contributed by atoms with Crippen LogP contribution < -0.4 is 15.8 Å². The smallest absolute Gasteiger partial charge is 0.224 e. The van der Waals surface area contributed by atoms with Gasteiger partial charge in [-0.3, -0.25) is 0 Å². The average Bonchev–Trinajstić information content (AvgIpc) is 2.40. The standard InChI is InChI=1S/C12H13ClN4O/c1-18-9-4-2-3-8(5-9)6-15-11-10(14)7-16-12(13)17-11/h2-5,7H,6,14H2,1H3,(H,15,16,17). The molecule has 0 saturated heterocycles. The highest BCUT2D eigenvalue weighted by atomic mass is 35.5. The molecule has 0 aliphatic heterocycles. The Morgan fingerprint density at radius 3 is 3.06 bits per heavy atom. The van der Waals surface area contributed by atoms with Gasteiger partial charge >= 0.3 is 0 Å². The second kappa shape index (κ2) is 5.55. The van der Waals surface area contributed by atoms with Gasteiger partial charge in [-0.25, -0.2) is 4.98 Å². The lowest BCUT2D eigenvalue weighted by Gasteiger charge is -2.09. The van der Waals surface area contributed by atoms with Crippen LogP contribution >= 0.6 is 11.6 Å². The maximum atomic E-state index is 5.74. The number of anilines is 2. The van der Waals surface area contributed by atoms with E-state index in [9.17, 15) is 0 Å². The van der Waals surface area contributed by atoms with E-state index < -0.39 is 0 Å². The van der Waals surface area contributed by atoms with Crippen LogP contribution in [0.25, 0.3) is 0 Å². The summed E-state index contributed by atoms with van der Waals surface area (Å²) in [6.45, 7) is 0.578. The van der Waals surface area contributed by atoms with Crippen molar-refractivity contribution in [1.29, 1.82) is 0 Å². The van der Waals surface area contributed by atoms with Crippen LogP contribution in [0.15, 0.2) is 30.5 Å². The molecule has 1 aromatic heterocycles. The van der Waals surface area contributed by atoms with E-state index in [4.69, 9.17) is 22.1 Å². The molecular formula is C12H13ClN4O. The van der Waals surface area contributed by atoms with Crippen LogP contribution in [0.2, 0.25) is 5.28 Å². The third-order valence-corrected chi connectivity index (χ3v) is 2.56. The highest BCUT2D eigenvalue weighted by Crippen LogP contribution is 2.18. The molecule has 0 radical (unpaired) electrons. The summed E-state index contributed by atoms with van der Waals surface area (Å²) in [6.07, 6.45) is 1.48. The van der Waals surface area contributed by atoms with E-state index >= 15 is 0 Å². The van der Waals surface area contributed by atoms with Gasteiger partial charge in [0.25, 0.3) is 0 Å². The number of nitrogens with zero attached hydrogens (tertiary/aromatic N) is 2. The van der Waals surface area contributed by atoms with Crippen molar-refractivity contribution in [3.05, 3.63) is 41.3 Å². The maximum Gasteiger partial charge on any atom is 0.224 e. The van der Waals surface area contributed by atoms with Gasteiger partial charge in [-0.1, -0.05) is 12.1 Å². The lowest BCUT2D eigenvalue weighted by atomic mass is 10.2. The van der Waals surface area contributed by atoms with E-state index in [2.05, 4.69) is 15.3 Å². The molecule has 5 nitrogen and oxygen atoms in total. The maximum absolute atomic E-state index is 5.74. The molecule has 0 unspecified atom stereocenters. The Bertz CT molecular complexity index is 547. The SMILES string of the molecule is COc1cccc(CNc2nc(Cl)ncc2N)c1. The van der Waals surface area contributed by atoms with E-state index in [1.165, 1.54) is 6.20 Å². The number of nitrogens with one attached hydrogen (secondary N) is 1. The van der Waals surface area contributed by atoms with Crippen LogP contribution in [-0.4, -0.2) is 17.1 Å². The first kappa shape index (κ1) is 12.4. The van der Waals surface area contributed by atoms with Gasteiger partial charge in [-0.05, 0) is 29.3 Å². The largest absolute Gasteiger partial charge is 0.497 e. The Hall–Kier alpha value is -2.01. The summed E-state index contributed by atoms with van der Waals surface area (Å²) < 4.78 is 5.15. The zero-order valence-corrected chi connectivity index (χ0v) is 10.6. The number of ether oxygens (including phenoxy) is 1. The Labute approximate surface area is 110 Å². The van der Waals surface area contributed by atoms with Gasteiger partial charge in [-0.15, -0.1) is 0 Å². The van der Waals surface area contributed by atoms with Gasteiger partial charge in [0.1, 0.15) is 5.75 Å². The Morgan fingerprint density at radius 1 is 1.44 bits per heavy atom. The molecule has 0 amide bonds. The minimum Gasteiger partial charge on any atom is -0.497 e. The number of nitrogens with two attached hydrogens (primary N) is 1. The van der Waals surface area contributed by atoms with Crippen molar-refractivity contribution in [2.75, 3.05) is 18.2 Å². The highest BCUT2D eigenvalue weighted by Gasteiger charge is 2.03. The highest BCUT2D eigenvalue weighted by molar-refractivity contribution is 6.28. The molecule has 6 heteroatoms. The first-order valence-corrected chi connectivity index (χ1v) is 5.71. The van der Waals surface area contributed by atoms with Crippen LogP contribution in [0.5, 0.6) is 5.75 Å². The fourth-order valence-corrected chi connectivity index (χ4v) is 1.61. The summed E-state index contributed by atoms with van der Waals surface area (Å²) in [6, 6.07) is 7.73. The first-order valence-electron chi connectivity index (χ1n) is 5.34. The predicted molar refractivity (Wildman–Crippen MR) is 71.8 cm³/mol. The van der Waals surface area contributed by atoms with Crippen molar-refractivity contribution in [2.45, 2.75) is 6.54 Å². The fraction of sp³-hybridized carbons (Fsp3) is 0.167. The van der Waals surface area contributed by atoms with Gasteiger partial charge in [0, 0.05) is 6.54 Å². The number of methoxy groups -OCH3 is 1. The summed E-state index contributed by atoms with van der Waals surface area (Å²) in [5.74, 6) is 1.33. The lowest BCUT2D eigenvalue weighted by Crippen LogP contribution is -2.05. The summed E-state index contributed by atoms with van der Waals surface area (Å²) >= 11 is 5.71. The van der Waals surface area contributed by atoms with Gasteiger partial charge in [-0.2, -0.15) is 4.98 Å². The summed E-state index contributed by atoms with van der Waals surface area (Å²) in [5.41, 5.74) is 7.26. The van der Waals surface area contributed by atoms with Crippen molar-refractivity contribution >= 4 is 23.1 Å². The molecule has 0 fully saturated rings. The second-order valence-electron chi connectivity index (χ2n) is 3.65. The van der Waals surface area contributed by atoms with Crippen molar-refractivity contribution in [2.24, 2.45) is 0 Å². The zero-order valence-electron chi connectivity index (χ0n) is 9.85. The number of hydrogen-bond acceptors (Lipinski definition) is 5. The summed E-state index contributed by atoms with van der Waals surface area (Å²) in [5, 5.41) is 3.27. The number of hydrogen-bond donors (Lipinski definition) is 2. The lowest BCUT2D eigenvalue weighted by molar-refractivity contribution is 0.414. The van der Waals surface area contributed by atoms with E-state index in [0.29, 0.717) is 18.1 Å². The normalized spacial score (nSPS) is 10.1. The second-order valence-corrected chi connectivity index (χ2v) is 3.99. The van der Waals surface area contributed by atoms with Crippen LogP contribution in [0.1, 0.15) is 5.56 Å². The van der Waals surface area contributed by atoms with Crippen molar-refractivity contribution in [3.8, 4) is 5.75 Å². The minimum atomic E-state index is 0.164. The molecule has 18 heavy (non-hydrogen) atoms. The molecule has 1 aromatic carbocycles. The van der Waals surface area contributed by atoms with Gasteiger partial charge in [0.2, 0.25) is 5.28 Å². The van der Waals surface area contributed by atoms with Crippen molar-refractivity contribution in [3.63, 3.8) is 0 Å². The minimum absolute atomic E-state index is 0.164. The Kier molecular flexibility index (Phi) is 3.84. The predicted octanol–water partition coefficient (Wildman–Crippen LogP) is 2.33. The number of nitrogen functional groups attached to an aromatic ring is 1. The molecule has 0 aliphatic rings. The van der Waals surface area contributed by atoms with Crippen LogP contribution in [0, 0.1) is 0 Å². The monoisotopic (exact) mass is 264 g/mol. The van der Waals surface area contributed by atoms with Crippen LogP contribution in [0.4, 0.5) is 11.5 Å². The van der Waals surface area contributed by atoms with E-state index in [-0.39, 0.29) is 5.28 Å². The molecule has 2 rings (SSSR count). The number of halogens is 1. The third kappa shape index (κ3) is 3.01. The molecule has 1 heterocycles. The van der Waals surface area contributed by atoms with Crippen LogP contribution in [0.3, 0.4) is 0 Å². The Morgan fingerprint density at radius 2 is 2.28 bits per heavy atom. The topological polar surface area (TPSA) is 73.1 Å². The summed E-state index contributed by atoms with van der Waals surface area (Å²) in [4.78, 5) is 7.81. The van der Waals surface area contributed by atoms with Crippen LogP contribution in [-0.2, 0) is 6.54 Å². The molecule has 0 bridgehead atoms. The molecule has 2 aromatic rings. The quantitative estimate of drug-likeness (QED) is 0.829. The summed E-state index contributed by atoms with van der Waals surface area (Å²) in [7, 11) is 1.63. The van der Waals surface area contributed by atoms with Gasteiger partial charge in [0.05, 0.1) is 19.0 Å². The first-order chi connectivity index (χ1) is 8.69. The van der Waals surface area contributed by atoms with E-state index in [0.717, 1.165) is 11.3 Å². The average molecular weight is 265 g/mol. The van der Waals surface area contributed by atoms with Crippen molar-refractivity contribution < 1.29 is 4.74 Å². The molecule has 0 saturated carbocycles. The third-order valence-electron chi connectivity index (χ3n) is 2.38. The molecule has 0 atom stereocenters. The molecule has 0 spiro atoms. The molecular weight excluding hydrogens is 252 g/mol. The number of benzene rings is 1. The Balaban J connectivity index is 2.08. The van der Waals surface area contributed by atoms with E-state index in [1.54, 1.807) is 7.11 Å². The molecule has 3 N–H and O–H groups in total. The molecule has 0 aliphatic carbocycles. The molecule has 94 valence electrons. The van der Waals surface area contributed by atoms with E-state index in [1.807, 2.05) is 24.3 Å². The van der Waals surface area contributed by atoms with Crippen molar-refractivity contribution in [1.82, 2.24) is 9.97 Å². The van der Waals surface area contributed by atoms with Gasteiger partial charge < -0.3 is 15.8 Å². The number of aromatic nitrogens is 2.